The first-order valence-electron chi connectivity index (χ1n) is 6.44. The number of rotatable bonds is 6. The maximum absolute atomic E-state index is 13.8. The zero-order valence-corrected chi connectivity index (χ0v) is 12.2. The Morgan fingerprint density at radius 2 is 2.10 bits per heavy atom. The number of hydrogen-bond acceptors (Lipinski definition) is 3. The van der Waals surface area contributed by atoms with Crippen LogP contribution in [0.15, 0.2) is 35.7 Å². The van der Waals surface area contributed by atoms with E-state index in [-0.39, 0.29) is 12.0 Å². The van der Waals surface area contributed by atoms with Crippen LogP contribution in [-0.2, 0) is 4.79 Å². The third-order valence-electron chi connectivity index (χ3n) is 3.16. The summed E-state index contributed by atoms with van der Waals surface area (Å²) in [5.74, 6) is -2.77. The van der Waals surface area contributed by atoms with E-state index in [0.717, 1.165) is 10.9 Å². The molecule has 0 saturated carbocycles. The predicted octanol–water partition coefficient (Wildman–Crippen LogP) is 3.89. The lowest BCUT2D eigenvalue weighted by molar-refractivity contribution is -0.137. The minimum Gasteiger partial charge on any atom is -0.481 e. The van der Waals surface area contributed by atoms with Crippen molar-refractivity contribution in [1.29, 1.82) is 0 Å². The van der Waals surface area contributed by atoms with Crippen molar-refractivity contribution in [3.05, 3.63) is 57.8 Å². The van der Waals surface area contributed by atoms with Crippen LogP contribution in [-0.4, -0.2) is 11.1 Å². The zero-order chi connectivity index (χ0) is 15.4. The van der Waals surface area contributed by atoms with Crippen molar-refractivity contribution in [3.8, 4) is 0 Å². The van der Waals surface area contributed by atoms with Gasteiger partial charge in [0.05, 0.1) is 12.5 Å². The molecule has 1 aromatic carbocycles. The third-order valence-corrected chi connectivity index (χ3v) is 4.15. The monoisotopic (exact) mass is 311 g/mol. The number of benzene rings is 1. The molecule has 2 rings (SSSR count). The molecule has 2 unspecified atom stereocenters. The Bertz CT molecular complexity index is 616. The Hall–Kier alpha value is -1.79. The lowest BCUT2D eigenvalue weighted by Crippen LogP contribution is -2.27. The summed E-state index contributed by atoms with van der Waals surface area (Å²) in [6.07, 6.45) is -0.123. The minimum atomic E-state index is -0.951. The molecule has 0 radical (unpaired) electrons. The number of aliphatic carboxylic acids is 1. The fraction of sp³-hybridized carbons (Fsp3) is 0.267. The molecular weight excluding hydrogens is 296 g/mol. The van der Waals surface area contributed by atoms with Crippen LogP contribution < -0.4 is 5.32 Å². The summed E-state index contributed by atoms with van der Waals surface area (Å²) in [6.45, 7) is 1.68. The second kappa shape index (κ2) is 6.78. The summed E-state index contributed by atoms with van der Waals surface area (Å²) in [4.78, 5) is 11.8. The molecule has 0 aliphatic carbocycles. The zero-order valence-electron chi connectivity index (χ0n) is 11.3. The number of nitrogens with one attached hydrogen (secondary N) is 1. The molecule has 2 aromatic rings. The van der Waals surface area contributed by atoms with Crippen LogP contribution in [0.2, 0.25) is 0 Å². The highest BCUT2D eigenvalue weighted by atomic mass is 32.1. The highest BCUT2D eigenvalue weighted by Crippen LogP contribution is 2.27. The van der Waals surface area contributed by atoms with Crippen molar-refractivity contribution in [3.63, 3.8) is 0 Å². The summed E-state index contributed by atoms with van der Waals surface area (Å²) >= 11 is 1.42. The topological polar surface area (TPSA) is 49.3 Å². The third kappa shape index (κ3) is 3.86. The molecular formula is C15H15F2NO2S. The lowest BCUT2D eigenvalue weighted by atomic mass is 10.0. The Morgan fingerprint density at radius 1 is 1.33 bits per heavy atom. The van der Waals surface area contributed by atoms with Gasteiger partial charge in [-0.2, -0.15) is 0 Å². The van der Waals surface area contributed by atoms with E-state index in [0.29, 0.717) is 0 Å². The number of carbonyl (C=O) groups is 1. The molecule has 21 heavy (non-hydrogen) atoms. The Kier molecular flexibility index (Phi) is 5.03. The summed E-state index contributed by atoms with van der Waals surface area (Å²) in [6, 6.07) is 6.67. The molecule has 1 aromatic heterocycles. The first kappa shape index (κ1) is 15.6. The quantitative estimate of drug-likeness (QED) is 0.851. The largest absolute Gasteiger partial charge is 0.481 e. The number of thiophene rings is 1. The molecule has 2 atom stereocenters. The van der Waals surface area contributed by atoms with Gasteiger partial charge in [0.15, 0.2) is 11.6 Å². The summed E-state index contributed by atoms with van der Waals surface area (Å²) in [5.41, 5.74) is 0.182. The van der Waals surface area contributed by atoms with E-state index in [1.165, 1.54) is 23.5 Å². The Morgan fingerprint density at radius 3 is 2.71 bits per heavy atom. The molecule has 0 aliphatic heterocycles. The van der Waals surface area contributed by atoms with Crippen LogP contribution in [0.25, 0.3) is 0 Å². The fourth-order valence-corrected chi connectivity index (χ4v) is 2.94. The van der Waals surface area contributed by atoms with Gasteiger partial charge in [0.25, 0.3) is 0 Å². The maximum Gasteiger partial charge on any atom is 0.305 e. The fourth-order valence-electron chi connectivity index (χ4n) is 2.15. The number of hydrogen-bond donors (Lipinski definition) is 2. The molecule has 0 aliphatic rings. The molecule has 3 nitrogen and oxygen atoms in total. The van der Waals surface area contributed by atoms with E-state index < -0.39 is 29.7 Å². The average molecular weight is 311 g/mol. The smallest absolute Gasteiger partial charge is 0.305 e. The highest BCUT2D eigenvalue weighted by Gasteiger charge is 2.21. The van der Waals surface area contributed by atoms with Crippen molar-refractivity contribution in [2.75, 3.05) is 0 Å². The van der Waals surface area contributed by atoms with Crippen LogP contribution in [0.1, 0.15) is 35.9 Å². The van der Waals surface area contributed by atoms with Gasteiger partial charge < -0.3 is 10.4 Å². The van der Waals surface area contributed by atoms with E-state index in [1.54, 1.807) is 6.92 Å². The van der Waals surface area contributed by atoms with E-state index in [9.17, 15) is 13.6 Å². The van der Waals surface area contributed by atoms with E-state index >= 15 is 0 Å². The normalized spacial score (nSPS) is 13.9. The molecule has 0 amide bonds. The number of carboxylic acid groups (broad SMARTS) is 1. The van der Waals surface area contributed by atoms with Gasteiger partial charge in [0.1, 0.15) is 0 Å². The second-order valence-corrected chi connectivity index (χ2v) is 5.68. The van der Waals surface area contributed by atoms with Gasteiger partial charge in [-0.15, -0.1) is 11.3 Å². The summed E-state index contributed by atoms with van der Waals surface area (Å²) in [7, 11) is 0. The van der Waals surface area contributed by atoms with Gasteiger partial charge in [-0.25, -0.2) is 8.78 Å². The molecule has 2 N–H and O–H groups in total. The van der Waals surface area contributed by atoms with Crippen LogP contribution in [0.3, 0.4) is 0 Å². The molecule has 0 saturated heterocycles. The summed E-state index contributed by atoms with van der Waals surface area (Å²) < 4.78 is 27.0. The van der Waals surface area contributed by atoms with Crippen molar-refractivity contribution in [2.24, 2.45) is 0 Å². The molecule has 0 fully saturated rings. The van der Waals surface area contributed by atoms with Gasteiger partial charge in [0, 0.05) is 16.5 Å². The van der Waals surface area contributed by atoms with Gasteiger partial charge in [-0.3, -0.25) is 4.79 Å². The minimum absolute atomic E-state index is 0.123. The van der Waals surface area contributed by atoms with Gasteiger partial charge >= 0.3 is 5.97 Å². The Balaban J connectivity index is 2.20. The standard InChI is InChI=1S/C15H15F2NO2S/c1-9(10-4-2-5-11(16)15(10)17)18-12(8-14(19)20)13-6-3-7-21-13/h2-7,9,12,18H,8H2,1H3,(H,19,20). The molecule has 0 bridgehead atoms. The number of halogens is 2. The van der Waals surface area contributed by atoms with Crippen LogP contribution in [0, 0.1) is 11.6 Å². The Labute approximate surface area is 125 Å². The van der Waals surface area contributed by atoms with Gasteiger partial charge in [-0.05, 0) is 24.4 Å². The van der Waals surface area contributed by atoms with Crippen molar-refractivity contribution < 1.29 is 18.7 Å². The average Bonchev–Trinajstić information content (AvgIpc) is 2.94. The van der Waals surface area contributed by atoms with Crippen LogP contribution in [0.5, 0.6) is 0 Å². The van der Waals surface area contributed by atoms with Gasteiger partial charge in [-0.1, -0.05) is 18.2 Å². The SMILES string of the molecule is CC(NC(CC(=O)O)c1cccs1)c1cccc(F)c1F. The first-order valence-corrected chi connectivity index (χ1v) is 7.32. The maximum atomic E-state index is 13.8. The number of carboxylic acids is 1. The summed E-state index contributed by atoms with van der Waals surface area (Å²) in [5, 5.41) is 13.9. The lowest BCUT2D eigenvalue weighted by Gasteiger charge is -2.22. The first-order chi connectivity index (χ1) is 9.99. The molecule has 0 spiro atoms. The van der Waals surface area contributed by atoms with Crippen LogP contribution in [0.4, 0.5) is 8.78 Å². The molecule has 1 heterocycles. The van der Waals surface area contributed by atoms with Gasteiger partial charge in [0.2, 0.25) is 0 Å². The van der Waals surface area contributed by atoms with Crippen molar-refractivity contribution in [2.45, 2.75) is 25.4 Å². The van der Waals surface area contributed by atoms with Crippen molar-refractivity contribution >= 4 is 17.3 Å². The second-order valence-electron chi connectivity index (χ2n) is 4.70. The highest BCUT2D eigenvalue weighted by molar-refractivity contribution is 7.10. The van der Waals surface area contributed by atoms with E-state index in [2.05, 4.69) is 5.32 Å². The van der Waals surface area contributed by atoms with Crippen molar-refractivity contribution in [1.82, 2.24) is 5.32 Å². The van der Waals surface area contributed by atoms with Crippen LogP contribution >= 0.6 is 11.3 Å². The molecule has 6 heteroatoms. The van der Waals surface area contributed by atoms with E-state index in [4.69, 9.17) is 5.11 Å². The molecule has 112 valence electrons. The van der Waals surface area contributed by atoms with E-state index in [1.807, 2.05) is 17.5 Å². The predicted molar refractivity (Wildman–Crippen MR) is 77.2 cm³/mol.